The molecular formula is C20H18ClN7O. The lowest BCUT2D eigenvalue weighted by molar-refractivity contribution is 0.0955. The van der Waals surface area contributed by atoms with Crippen LogP contribution in [0.15, 0.2) is 60.9 Å². The zero-order valence-electron chi connectivity index (χ0n) is 15.3. The predicted molar refractivity (Wildman–Crippen MR) is 114 cm³/mol. The number of aromatic amines is 1. The van der Waals surface area contributed by atoms with Gasteiger partial charge >= 0.3 is 0 Å². The molecule has 146 valence electrons. The number of rotatable bonds is 7. The third-order valence-corrected chi connectivity index (χ3v) is 4.42. The van der Waals surface area contributed by atoms with Crippen LogP contribution in [0.5, 0.6) is 0 Å². The quantitative estimate of drug-likeness (QED) is 0.349. The van der Waals surface area contributed by atoms with Crippen molar-refractivity contribution < 1.29 is 4.79 Å². The van der Waals surface area contributed by atoms with Gasteiger partial charge < -0.3 is 16.0 Å². The maximum absolute atomic E-state index is 12.1. The third-order valence-electron chi connectivity index (χ3n) is 4.18. The number of halogens is 1. The highest BCUT2D eigenvalue weighted by molar-refractivity contribution is 6.30. The van der Waals surface area contributed by atoms with Gasteiger partial charge in [0.2, 0.25) is 0 Å². The summed E-state index contributed by atoms with van der Waals surface area (Å²) in [5.41, 5.74) is 2.03. The van der Waals surface area contributed by atoms with Crippen molar-refractivity contribution in [2.45, 2.75) is 0 Å². The number of nitrogens with one attached hydrogen (secondary N) is 4. The van der Waals surface area contributed by atoms with Gasteiger partial charge in [0, 0.05) is 29.4 Å². The number of carbonyl (C=O) groups is 1. The third kappa shape index (κ3) is 4.44. The number of fused-ring (bicyclic) bond motifs is 1. The summed E-state index contributed by atoms with van der Waals surface area (Å²) in [6.07, 6.45) is 1.46. The molecule has 0 saturated carbocycles. The lowest BCUT2D eigenvalue weighted by Gasteiger charge is -2.09. The summed E-state index contributed by atoms with van der Waals surface area (Å²) in [5, 5.41) is 17.8. The van der Waals surface area contributed by atoms with Crippen molar-refractivity contribution in [3.63, 3.8) is 0 Å². The van der Waals surface area contributed by atoms with Gasteiger partial charge in [0.1, 0.15) is 17.5 Å². The fraction of sp³-hybridized carbons (Fsp3) is 0.100. The molecule has 0 aliphatic heterocycles. The lowest BCUT2D eigenvalue weighted by Crippen LogP contribution is -2.28. The molecule has 2 aromatic heterocycles. The van der Waals surface area contributed by atoms with Gasteiger partial charge in [-0.15, -0.1) is 0 Å². The summed E-state index contributed by atoms with van der Waals surface area (Å²) in [5.74, 6) is 1.08. The van der Waals surface area contributed by atoms with Crippen LogP contribution in [0.1, 0.15) is 10.4 Å². The number of H-pyrrole nitrogens is 1. The Morgan fingerprint density at radius 2 is 1.86 bits per heavy atom. The molecule has 4 N–H and O–H groups in total. The molecule has 2 aromatic carbocycles. The molecule has 4 aromatic rings. The molecule has 0 saturated heterocycles. The molecule has 2 heterocycles. The van der Waals surface area contributed by atoms with E-state index in [-0.39, 0.29) is 5.91 Å². The minimum absolute atomic E-state index is 0.120. The Morgan fingerprint density at radius 3 is 2.69 bits per heavy atom. The van der Waals surface area contributed by atoms with Gasteiger partial charge in [0.05, 0.1) is 0 Å². The first kappa shape index (κ1) is 18.7. The van der Waals surface area contributed by atoms with Crippen LogP contribution in [0.25, 0.3) is 11.0 Å². The molecule has 29 heavy (non-hydrogen) atoms. The van der Waals surface area contributed by atoms with Crippen molar-refractivity contribution in [1.82, 2.24) is 25.5 Å². The highest BCUT2D eigenvalue weighted by Crippen LogP contribution is 2.28. The van der Waals surface area contributed by atoms with E-state index in [1.54, 1.807) is 18.2 Å². The molecule has 0 spiro atoms. The summed E-state index contributed by atoms with van der Waals surface area (Å²) in [6, 6.07) is 16.4. The molecule has 4 rings (SSSR count). The highest BCUT2D eigenvalue weighted by atomic mass is 35.5. The van der Waals surface area contributed by atoms with E-state index in [4.69, 9.17) is 11.6 Å². The molecule has 0 aliphatic carbocycles. The number of benzene rings is 2. The summed E-state index contributed by atoms with van der Waals surface area (Å²) in [6.45, 7) is 0.927. The topological polar surface area (TPSA) is 108 Å². The summed E-state index contributed by atoms with van der Waals surface area (Å²) in [7, 11) is 0. The van der Waals surface area contributed by atoms with Crippen molar-refractivity contribution in [3.8, 4) is 0 Å². The van der Waals surface area contributed by atoms with Crippen LogP contribution in [-0.4, -0.2) is 39.2 Å². The van der Waals surface area contributed by atoms with Crippen molar-refractivity contribution in [1.29, 1.82) is 0 Å². The summed E-state index contributed by atoms with van der Waals surface area (Å²) >= 11 is 6.06. The number of hydrogen-bond donors (Lipinski definition) is 4. The van der Waals surface area contributed by atoms with Gasteiger partial charge in [0.15, 0.2) is 11.5 Å². The van der Waals surface area contributed by atoms with Crippen LogP contribution in [0.2, 0.25) is 5.02 Å². The molecular weight excluding hydrogens is 390 g/mol. The van der Waals surface area contributed by atoms with Crippen LogP contribution in [0.3, 0.4) is 0 Å². The Hall–Kier alpha value is -3.65. The summed E-state index contributed by atoms with van der Waals surface area (Å²) in [4.78, 5) is 20.6. The first-order valence-corrected chi connectivity index (χ1v) is 9.37. The normalized spacial score (nSPS) is 10.7. The van der Waals surface area contributed by atoms with E-state index in [9.17, 15) is 4.79 Å². The Labute approximate surface area is 171 Å². The lowest BCUT2D eigenvalue weighted by atomic mass is 10.2. The molecule has 9 heteroatoms. The predicted octanol–water partition coefficient (Wildman–Crippen LogP) is 3.59. The molecule has 0 bridgehead atoms. The van der Waals surface area contributed by atoms with E-state index >= 15 is 0 Å². The number of anilines is 3. The first-order chi connectivity index (χ1) is 14.2. The monoisotopic (exact) mass is 407 g/mol. The molecule has 0 aliphatic rings. The van der Waals surface area contributed by atoms with Gasteiger partial charge in [-0.05, 0) is 30.3 Å². The molecule has 0 radical (unpaired) electrons. The van der Waals surface area contributed by atoms with E-state index < -0.39 is 0 Å². The van der Waals surface area contributed by atoms with Crippen LogP contribution in [-0.2, 0) is 0 Å². The number of amides is 1. The smallest absolute Gasteiger partial charge is 0.251 e. The first-order valence-electron chi connectivity index (χ1n) is 8.99. The van der Waals surface area contributed by atoms with Crippen LogP contribution < -0.4 is 16.0 Å². The van der Waals surface area contributed by atoms with E-state index in [2.05, 4.69) is 36.1 Å². The van der Waals surface area contributed by atoms with E-state index in [1.807, 2.05) is 36.4 Å². The minimum Gasteiger partial charge on any atom is -0.366 e. The fourth-order valence-corrected chi connectivity index (χ4v) is 3.02. The average molecular weight is 408 g/mol. The van der Waals surface area contributed by atoms with Crippen LogP contribution in [0.4, 0.5) is 17.3 Å². The molecule has 0 unspecified atom stereocenters. The number of hydrogen-bond acceptors (Lipinski definition) is 6. The second-order valence-electron chi connectivity index (χ2n) is 6.20. The van der Waals surface area contributed by atoms with Gasteiger partial charge in [-0.2, -0.15) is 5.10 Å². The highest BCUT2D eigenvalue weighted by Gasteiger charge is 2.13. The van der Waals surface area contributed by atoms with Crippen molar-refractivity contribution >= 4 is 45.9 Å². The second kappa shape index (κ2) is 8.57. The van der Waals surface area contributed by atoms with Gasteiger partial charge in [-0.1, -0.05) is 35.9 Å². The zero-order valence-corrected chi connectivity index (χ0v) is 16.1. The van der Waals surface area contributed by atoms with Crippen molar-refractivity contribution in [2.24, 2.45) is 0 Å². The Bertz CT molecular complexity index is 1130. The average Bonchev–Trinajstić information content (AvgIpc) is 3.16. The molecule has 0 atom stereocenters. The van der Waals surface area contributed by atoms with Gasteiger partial charge in [0.25, 0.3) is 5.91 Å². The SMILES string of the molecule is O=C(NCCNc1n[nH]c2ncnc(Nc3cccc(Cl)c3)c12)c1ccccc1. The maximum atomic E-state index is 12.1. The zero-order chi connectivity index (χ0) is 20.1. The Balaban J connectivity index is 1.43. The number of nitrogens with zero attached hydrogens (tertiary/aromatic N) is 3. The van der Waals surface area contributed by atoms with Crippen molar-refractivity contribution in [2.75, 3.05) is 23.7 Å². The van der Waals surface area contributed by atoms with E-state index in [0.717, 1.165) is 11.1 Å². The fourth-order valence-electron chi connectivity index (χ4n) is 2.83. The van der Waals surface area contributed by atoms with Gasteiger partial charge in [-0.25, -0.2) is 9.97 Å². The molecule has 8 nitrogen and oxygen atoms in total. The van der Waals surface area contributed by atoms with Gasteiger partial charge in [-0.3, -0.25) is 9.89 Å². The largest absolute Gasteiger partial charge is 0.366 e. The molecule has 0 fully saturated rings. The van der Waals surface area contributed by atoms with E-state index in [1.165, 1.54) is 6.33 Å². The van der Waals surface area contributed by atoms with Crippen LogP contribution in [0, 0.1) is 0 Å². The minimum atomic E-state index is -0.120. The maximum Gasteiger partial charge on any atom is 0.251 e. The Morgan fingerprint density at radius 1 is 1.00 bits per heavy atom. The standard InChI is InChI=1S/C20H18ClN7O/c21-14-7-4-8-15(11-14)26-17-16-18(27-28-19(16)25-12-24-17)22-9-10-23-20(29)13-5-2-1-3-6-13/h1-8,11-12H,9-10H2,(H,23,29)(H3,22,24,25,26,27,28). The van der Waals surface area contributed by atoms with E-state index in [0.29, 0.717) is 41.0 Å². The number of carbonyl (C=O) groups excluding carboxylic acids is 1. The number of aromatic nitrogens is 4. The van der Waals surface area contributed by atoms with Crippen molar-refractivity contribution in [3.05, 3.63) is 71.5 Å². The Kier molecular flexibility index (Phi) is 5.53. The second-order valence-corrected chi connectivity index (χ2v) is 6.64. The molecule has 1 amide bonds. The van der Waals surface area contributed by atoms with Crippen LogP contribution >= 0.6 is 11.6 Å². The summed E-state index contributed by atoms with van der Waals surface area (Å²) < 4.78 is 0.